The fourth-order valence-electron chi connectivity index (χ4n) is 3.85. The second kappa shape index (κ2) is 8.06. The third-order valence-corrected chi connectivity index (χ3v) is 8.37. The molecule has 4 rings (SSSR count). The quantitative estimate of drug-likeness (QED) is 0.563. The van der Waals surface area contributed by atoms with Gasteiger partial charge in [-0.2, -0.15) is 4.31 Å². The van der Waals surface area contributed by atoms with Crippen LogP contribution in [0.5, 0.6) is 0 Å². The minimum Gasteiger partial charge on any atom is -0.350 e. The molecule has 3 aromatic rings. The van der Waals surface area contributed by atoms with Crippen molar-refractivity contribution in [2.75, 3.05) is 6.54 Å². The second-order valence-electron chi connectivity index (χ2n) is 7.45. The van der Waals surface area contributed by atoms with E-state index in [4.69, 9.17) is 0 Å². The lowest BCUT2D eigenvalue weighted by Crippen LogP contribution is -2.45. The topological polar surface area (TPSA) is 110 Å². The van der Waals surface area contributed by atoms with Gasteiger partial charge in [0.15, 0.2) is 0 Å². The third-order valence-electron chi connectivity index (χ3n) is 5.59. The fourth-order valence-corrected chi connectivity index (χ4v) is 6.17. The molecule has 2 aromatic heterocycles. The smallest absolute Gasteiger partial charge is 0.316 e. The van der Waals surface area contributed by atoms with Crippen molar-refractivity contribution in [3.05, 3.63) is 61.3 Å². The molecule has 3 heterocycles. The lowest BCUT2D eigenvalue weighted by Gasteiger charge is -2.23. The Morgan fingerprint density at radius 1 is 1.13 bits per heavy atom. The zero-order valence-electron chi connectivity index (χ0n) is 17.1. The Labute approximate surface area is 182 Å². The standard InChI is InChI=1S/C20H22N4O5S2/c1-22-15-8-7-14(11-17(15)23(2)20(27)19(22)26)31(28,29)24-9-3-6-16(24)18(25)21-12-13-5-4-10-30-13/h4-5,7-8,10-11,16H,3,6,9,12H2,1-2H3,(H,21,25)/t16-/m0/s1. The van der Waals surface area contributed by atoms with Crippen LogP contribution in [0.1, 0.15) is 17.7 Å². The highest BCUT2D eigenvalue weighted by Gasteiger charge is 2.39. The first-order chi connectivity index (χ1) is 14.7. The molecule has 0 radical (unpaired) electrons. The van der Waals surface area contributed by atoms with Crippen molar-refractivity contribution in [2.45, 2.75) is 30.3 Å². The Morgan fingerprint density at radius 2 is 1.84 bits per heavy atom. The number of benzene rings is 1. The van der Waals surface area contributed by atoms with Crippen molar-refractivity contribution in [1.82, 2.24) is 18.8 Å². The minimum atomic E-state index is -3.98. The number of thiophene rings is 1. The number of carbonyl (C=O) groups excluding carboxylic acids is 1. The summed E-state index contributed by atoms with van der Waals surface area (Å²) in [5, 5.41) is 4.74. The summed E-state index contributed by atoms with van der Waals surface area (Å²) in [5.74, 6) is -0.329. The number of aromatic nitrogens is 2. The normalized spacial score (nSPS) is 17.3. The molecule has 9 nitrogen and oxygen atoms in total. The van der Waals surface area contributed by atoms with E-state index in [0.29, 0.717) is 30.4 Å². The highest BCUT2D eigenvalue weighted by molar-refractivity contribution is 7.89. The Hall–Kier alpha value is -2.76. The van der Waals surface area contributed by atoms with Crippen LogP contribution in [0.25, 0.3) is 11.0 Å². The van der Waals surface area contributed by atoms with Crippen molar-refractivity contribution >= 4 is 38.3 Å². The molecule has 0 spiro atoms. The average Bonchev–Trinajstić information content (AvgIpc) is 3.46. The molecule has 164 valence electrons. The van der Waals surface area contributed by atoms with Crippen LogP contribution < -0.4 is 16.4 Å². The number of sulfonamides is 1. The summed E-state index contributed by atoms with van der Waals surface area (Å²) >= 11 is 1.52. The molecule has 1 aromatic carbocycles. The predicted molar refractivity (Wildman–Crippen MR) is 118 cm³/mol. The number of carbonyl (C=O) groups is 1. The predicted octanol–water partition coefficient (Wildman–Crippen LogP) is 0.768. The highest BCUT2D eigenvalue weighted by Crippen LogP contribution is 2.28. The minimum absolute atomic E-state index is 0.0217. The van der Waals surface area contributed by atoms with Crippen LogP contribution >= 0.6 is 11.3 Å². The van der Waals surface area contributed by atoms with Crippen LogP contribution in [-0.4, -0.2) is 40.4 Å². The van der Waals surface area contributed by atoms with Gasteiger partial charge in [0, 0.05) is 25.5 Å². The van der Waals surface area contributed by atoms with Gasteiger partial charge in [-0.25, -0.2) is 8.42 Å². The van der Waals surface area contributed by atoms with Gasteiger partial charge in [-0.1, -0.05) is 6.07 Å². The van der Waals surface area contributed by atoms with Gasteiger partial charge in [0.2, 0.25) is 15.9 Å². The van der Waals surface area contributed by atoms with Gasteiger partial charge in [0.05, 0.1) is 22.5 Å². The molecule has 1 aliphatic heterocycles. The van der Waals surface area contributed by atoms with E-state index in [2.05, 4.69) is 5.32 Å². The van der Waals surface area contributed by atoms with Crippen LogP contribution in [0.15, 0.2) is 50.2 Å². The Kier molecular flexibility index (Phi) is 5.58. The molecule has 1 fully saturated rings. The summed E-state index contributed by atoms with van der Waals surface area (Å²) in [5.41, 5.74) is -0.659. The summed E-state index contributed by atoms with van der Waals surface area (Å²) in [6, 6.07) is 7.29. The fraction of sp³-hybridized carbons (Fsp3) is 0.350. The third kappa shape index (κ3) is 3.73. The van der Waals surface area contributed by atoms with Crippen LogP contribution in [0.3, 0.4) is 0 Å². The highest BCUT2D eigenvalue weighted by atomic mass is 32.2. The van der Waals surface area contributed by atoms with Gasteiger partial charge in [-0.15, -0.1) is 11.3 Å². The van der Waals surface area contributed by atoms with Gasteiger partial charge in [0.1, 0.15) is 6.04 Å². The van der Waals surface area contributed by atoms with E-state index in [1.165, 1.54) is 52.5 Å². The maximum Gasteiger partial charge on any atom is 0.316 e. The zero-order valence-corrected chi connectivity index (χ0v) is 18.7. The first kappa shape index (κ1) is 21.5. The molecule has 1 aliphatic rings. The monoisotopic (exact) mass is 462 g/mol. The summed E-state index contributed by atoms with van der Waals surface area (Å²) in [4.78, 5) is 37.9. The lowest BCUT2D eigenvalue weighted by molar-refractivity contribution is -0.124. The molecule has 31 heavy (non-hydrogen) atoms. The van der Waals surface area contributed by atoms with E-state index in [-0.39, 0.29) is 17.3 Å². The molecule has 1 saturated heterocycles. The maximum atomic E-state index is 13.4. The molecular weight excluding hydrogens is 440 g/mol. The summed E-state index contributed by atoms with van der Waals surface area (Å²) < 4.78 is 30.3. The van der Waals surface area contributed by atoms with E-state index in [0.717, 1.165) is 9.44 Å². The zero-order chi connectivity index (χ0) is 22.3. The molecule has 0 saturated carbocycles. The van der Waals surface area contributed by atoms with E-state index >= 15 is 0 Å². The second-order valence-corrected chi connectivity index (χ2v) is 10.4. The van der Waals surface area contributed by atoms with E-state index < -0.39 is 27.2 Å². The number of nitrogens with zero attached hydrogens (tertiary/aromatic N) is 3. The molecule has 0 bridgehead atoms. The number of hydrogen-bond donors (Lipinski definition) is 1. The van der Waals surface area contributed by atoms with Gasteiger partial charge in [-0.05, 0) is 42.5 Å². The van der Waals surface area contributed by atoms with Crippen molar-refractivity contribution in [1.29, 1.82) is 0 Å². The van der Waals surface area contributed by atoms with Crippen LogP contribution in [0.4, 0.5) is 0 Å². The number of nitrogens with one attached hydrogen (secondary N) is 1. The van der Waals surface area contributed by atoms with E-state index in [9.17, 15) is 22.8 Å². The molecule has 1 amide bonds. The number of amides is 1. The van der Waals surface area contributed by atoms with E-state index in [1.807, 2.05) is 17.5 Å². The Bertz CT molecular complexity index is 1370. The largest absolute Gasteiger partial charge is 0.350 e. The number of rotatable bonds is 5. The Balaban J connectivity index is 1.67. The van der Waals surface area contributed by atoms with Crippen molar-refractivity contribution in [3.63, 3.8) is 0 Å². The van der Waals surface area contributed by atoms with Gasteiger partial charge < -0.3 is 14.5 Å². The lowest BCUT2D eigenvalue weighted by atomic mass is 10.2. The molecule has 0 aliphatic carbocycles. The number of fused-ring (bicyclic) bond motifs is 1. The van der Waals surface area contributed by atoms with Gasteiger partial charge >= 0.3 is 11.1 Å². The van der Waals surface area contributed by atoms with Crippen molar-refractivity contribution in [3.8, 4) is 0 Å². The van der Waals surface area contributed by atoms with Gasteiger partial charge in [-0.3, -0.25) is 14.4 Å². The SMILES string of the molecule is Cn1c(=O)c(=O)n(C)c2cc(S(=O)(=O)N3CCC[C@H]3C(=O)NCc3cccs3)ccc21. The maximum absolute atomic E-state index is 13.4. The molecule has 1 atom stereocenters. The first-order valence-electron chi connectivity index (χ1n) is 9.73. The van der Waals surface area contributed by atoms with Crippen LogP contribution in [0.2, 0.25) is 0 Å². The average molecular weight is 463 g/mol. The summed E-state index contributed by atoms with van der Waals surface area (Å²) in [7, 11) is -1.08. The number of aryl methyl sites for hydroxylation is 2. The molecular formula is C20H22N4O5S2. The Morgan fingerprint density at radius 3 is 2.52 bits per heavy atom. The summed E-state index contributed by atoms with van der Waals surface area (Å²) in [6.07, 6.45) is 1.02. The molecule has 0 unspecified atom stereocenters. The number of hydrogen-bond acceptors (Lipinski definition) is 6. The van der Waals surface area contributed by atoms with Crippen LogP contribution in [-0.2, 0) is 35.5 Å². The van der Waals surface area contributed by atoms with Crippen LogP contribution in [0, 0.1) is 0 Å². The summed E-state index contributed by atoms with van der Waals surface area (Å²) in [6.45, 7) is 0.594. The first-order valence-corrected chi connectivity index (χ1v) is 12.1. The van der Waals surface area contributed by atoms with Crippen molar-refractivity contribution < 1.29 is 13.2 Å². The van der Waals surface area contributed by atoms with E-state index in [1.54, 1.807) is 0 Å². The molecule has 1 N–H and O–H groups in total. The molecule has 11 heteroatoms. The van der Waals surface area contributed by atoms with Gasteiger partial charge in [0.25, 0.3) is 0 Å². The van der Waals surface area contributed by atoms with Crippen molar-refractivity contribution in [2.24, 2.45) is 14.1 Å².